The standard InChI is InChI=1S/C12H13NO3/c1-5-6(2)9-10(13-7(5)3)12(15)16-8(4)11(9)14/h14H,1-4H3. The zero-order valence-electron chi connectivity index (χ0n) is 9.71. The maximum Gasteiger partial charge on any atom is 0.362 e. The topological polar surface area (TPSA) is 63.3 Å². The molecule has 4 nitrogen and oxygen atoms in total. The van der Waals surface area contributed by atoms with Crippen molar-refractivity contribution in [2.24, 2.45) is 0 Å². The summed E-state index contributed by atoms with van der Waals surface area (Å²) in [6, 6.07) is 0. The fraction of sp³-hybridized carbons (Fsp3) is 0.333. The summed E-state index contributed by atoms with van der Waals surface area (Å²) < 4.78 is 4.90. The Kier molecular flexibility index (Phi) is 2.22. The minimum Gasteiger partial charge on any atom is -0.504 e. The molecule has 84 valence electrons. The van der Waals surface area contributed by atoms with Gasteiger partial charge < -0.3 is 9.52 Å². The molecular weight excluding hydrogens is 206 g/mol. The minimum atomic E-state index is -0.503. The average Bonchev–Trinajstić information content (AvgIpc) is 2.22. The second-order valence-electron chi connectivity index (χ2n) is 3.97. The van der Waals surface area contributed by atoms with Crippen molar-refractivity contribution in [3.8, 4) is 5.75 Å². The molecule has 0 spiro atoms. The van der Waals surface area contributed by atoms with Gasteiger partial charge in [-0.25, -0.2) is 9.78 Å². The molecule has 0 atom stereocenters. The van der Waals surface area contributed by atoms with Gasteiger partial charge in [0.1, 0.15) is 5.76 Å². The molecule has 2 aromatic heterocycles. The van der Waals surface area contributed by atoms with Crippen LogP contribution in [0, 0.1) is 27.7 Å². The predicted molar refractivity (Wildman–Crippen MR) is 60.9 cm³/mol. The average molecular weight is 219 g/mol. The summed E-state index contributed by atoms with van der Waals surface area (Å²) in [6.45, 7) is 7.17. The maximum absolute atomic E-state index is 11.6. The highest BCUT2D eigenvalue weighted by Crippen LogP contribution is 2.30. The van der Waals surface area contributed by atoms with Crippen molar-refractivity contribution in [2.75, 3.05) is 0 Å². The van der Waals surface area contributed by atoms with Crippen LogP contribution in [0.5, 0.6) is 5.75 Å². The first-order chi connectivity index (χ1) is 7.43. The van der Waals surface area contributed by atoms with Crippen molar-refractivity contribution < 1.29 is 9.52 Å². The smallest absolute Gasteiger partial charge is 0.362 e. The summed E-state index contributed by atoms with van der Waals surface area (Å²) in [5, 5.41) is 10.4. The lowest BCUT2D eigenvalue weighted by atomic mass is 10.0. The lowest BCUT2D eigenvalue weighted by Crippen LogP contribution is -2.06. The van der Waals surface area contributed by atoms with Gasteiger partial charge in [0.15, 0.2) is 11.3 Å². The van der Waals surface area contributed by atoms with Crippen molar-refractivity contribution in [3.05, 3.63) is 33.0 Å². The third-order valence-corrected chi connectivity index (χ3v) is 3.01. The first-order valence-corrected chi connectivity index (χ1v) is 5.03. The zero-order valence-corrected chi connectivity index (χ0v) is 9.71. The molecule has 2 rings (SSSR count). The van der Waals surface area contributed by atoms with Crippen LogP contribution in [0.2, 0.25) is 0 Å². The largest absolute Gasteiger partial charge is 0.504 e. The molecule has 16 heavy (non-hydrogen) atoms. The van der Waals surface area contributed by atoms with Crippen LogP contribution in [-0.2, 0) is 0 Å². The van der Waals surface area contributed by atoms with Crippen LogP contribution in [-0.4, -0.2) is 10.1 Å². The van der Waals surface area contributed by atoms with E-state index in [0.717, 1.165) is 16.8 Å². The maximum atomic E-state index is 11.6. The van der Waals surface area contributed by atoms with Gasteiger partial charge in [0.2, 0.25) is 0 Å². The fourth-order valence-corrected chi connectivity index (χ4v) is 1.79. The van der Waals surface area contributed by atoms with Gasteiger partial charge in [-0.05, 0) is 38.8 Å². The van der Waals surface area contributed by atoms with E-state index >= 15 is 0 Å². The third-order valence-electron chi connectivity index (χ3n) is 3.01. The van der Waals surface area contributed by atoms with Gasteiger partial charge >= 0.3 is 5.63 Å². The summed E-state index contributed by atoms with van der Waals surface area (Å²) >= 11 is 0. The Hall–Kier alpha value is -1.84. The molecule has 0 saturated heterocycles. The first-order valence-electron chi connectivity index (χ1n) is 5.03. The van der Waals surface area contributed by atoms with E-state index in [4.69, 9.17) is 4.42 Å². The molecule has 0 aliphatic rings. The molecule has 0 radical (unpaired) electrons. The number of pyridine rings is 1. The minimum absolute atomic E-state index is 0.00250. The summed E-state index contributed by atoms with van der Waals surface area (Å²) in [7, 11) is 0. The van der Waals surface area contributed by atoms with Crippen molar-refractivity contribution in [1.82, 2.24) is 4.98 Å². The van der Waals surface area contributed by atoms with Gasteiger partial charge in [0.25, 0.3) is 0 Å². The van der Waals surface area contributed by atoms with Gasteiger partial charge in [0, 0.05) is 5.69 Å². The van der Waals surface area contributed by atoms with Gasteiger partial charge in [-0.1, -0.05) is 0 Å². The highest BCUT2D eigenvalue weighted by atomic mass is 16.4. The second kappa shape index (κ2) is 3.33. The zero-order chi connectivity index (χ0) is 12.0. The summed E-state index contributed by atoms with van der Waals surface area (Å²) in [5.41, 5.74) is 2.32. The van der Waals surface area contributed by atoms with Crippen LogP contribution in [0.15, 0.2) is 9.21 Å². The van der Waals surface area contributed by atoms with E-state index in [1.807, 2.05) is 20.8 Å². The van der Waals surface area contributed by atoms with Crippen LogP contribution >= 0.6 is 0 Å². The number of aromatic hydroxyl groups is 1. The van der Waals surface area contributed by atoms with Crippen LogP contribution in [0.3, 0.4) is 0 Å². The van der Waals surface area contributed by atoms with Crippen molar-refractivity contribution >= 4 is 10.9 Å². The Morgan fingerprint density at radius 1 is 1.12 bits per heavy atom. The highest BCUT2D eigenvalue weighted by Gasteiger charge is 2.15. The monoisotopic (exact) mass is 219 g/mol. The van der Waals surface area contributed by atoms with Crippen molar-refractivity contribution in [3.63, 3.8) is 0 Å². The number of aromatic nitrogens is 1. The molecule has 1 N–H and O–H groups in total. The first kappa shape index (κ1) is 10.7. The molecule has 0 fully saturated rings. The van der Waals surface area contributed by atoms with Gasteiger partial charge in [-0.2, -0.15) is 0 Å². The molecular formula is C12H13NO3. The van der Waals surface area contributed by atoms with E-state index in [0.29, 0.717) is 5.39 Å². The molecule has 0 bridgehead atoms. The van der Waals surface area contributed by atoms with E-state index in [9.17, 15) is 9.90 Å². The quantitative estimate of drug-likeness (QED) is 0.737. The molecule has 0 aromatic carbocycles. The van der Waals surface area contributed by atoms with E-state index in [1.54, 1.807) is 6.92 Å². The number of hydrogen-bond donors (Lipinski definition) is 1. The molecule has 0 aliphatic heterocycles. The van der Waals surface area contributed by atoms with Crippen LogP contribution in [0.25, 0.3) is 10.9 Å². The number of aryl methyl sites for hydroxylation is 3. The van der Waals surface area contributed by atoms with Crippen LogP contribution in [0.4, 0.5) is 0 Å². The normalized spacial score (nSPS) is 11.0. The van der Waals surface area contributed by atoms with Gasteiger partial charge in [-0.15, -0.1) is 0 Å². The molecule has 2 aromatic rings. The Morgan fingerprint density at radius 3 is 2.38 bits per heavy atom. The Bertz CT molecular complexity index is 641. The van der Waals surface area contributed by atoms with Gasteiger partial charge in [-0.3, -0.25) is 0 Å². The van der Waals surface area contributed by atoms with Crippen molar-refractivity contribution in [1.29, 1.82) is 0 Å². The highest BCUT2D eigenvalue weighted by molar-refractivity contribution is 5.88. The molecule has 0 amide bonds. The Balaban J connectivity index is 3.14. The summed E-state index contributed by atoms with van der Waals surface area (Å²) in [4.78, 5) is 15.8. The number of rotatable bonds is 0. The SMILES string of the molecule is Cc1nc2c(=O)oc(C)c(O)c2c(C)c1C. The lowest BCUT2D eigenvalue weighted by molar-refractivity contribution is 0.411. The van der Waals surface area contributed by atoms with E-state index in [-0.39, 0.29) is 17.0 Å². The van der Waals surface area contributed by atoms with Gasteiger partial charge in [0.05, 0.1) is 5.39 Å². The second-order valence-corrected chi connectivity index (χ2v) is 3.97. The van der Waals surface area contributed by atoms with E-state index in [2.05, 4.69) is 4.98 Å². The van der Waals surface area contributed by atoms with E-state index in [1.165, 1.54) is 0 Å². The molecule has 2 heterocycles. The number of nitrogens with zero attached hydrogens (tertiary/aromatic N) is 1. The summed E-state index contributed by atoms with van der Waals surface area (Å²) in [6.07, 6.45) is 0. The lowest BCUT2D eigenvalue weighted by Gasteiger charge is -2.09. The molecule has 0 saturated carbocycles. The van der Waals surface area contributed by atoms with E-state index < -0.39 is 5.63 Å². The predicted octanol–water partition coefficient (Wildman–Crippen LogP) is 2.13. The van der Waals surface area contributed by atoms with Crippen LogP contribution < -0.4 is 5.63 Å². The summed E-state index contributed by atoms with van der Waals surface area (Å²) in [5.74, 6) is 0.230. The number of hydrogen-bond acceptors (Lipinski definition) is 4. The molecule has 4 heteroatoms. The Labute approximate surface area is 92.6 Å². The molecule has 0 unspecified atom stereocenters. The Morgan fingerprint density at radius 2 is 1.75 bits per heavy atom. The van der Waals surface area contributed by atoms with Crippen LogP contribution in [0.1, 0.15) is 22.6 Å². The van der Waals surface area contributed by atoms with Crippen molar-refractivity contribution in [2.45, 2.75) is 27.7 Å². The molecule has 0 aliphatic carbocycles. The number of fused-ring (bicyclic) bond motifs is 1. The fourth-order valence-electron chi connectivity index (χ4n) is 1.79. The third kappa shape index (κ3) is 1.30.